The average molecular weight is 402 g/mol. The van der Waals surface area contributed by atoms with Gasteiger partial charge in [0.1, 0.15) is 0 Å². The highest BCUT2D eigenvalue weighted by Gasteiger charge is 2.16. The molecule has 0 atom stereocenters. The molecule has 0 aliphatic rings. The first-order chi connectivity index (χ1) is 14.5. The SMILES string of the molecule is Cc1cccc(C(=O)Nc2ccccc2C(=O)OCC(=O)NCc2ccccc2)c1. The van der Waals surface area contributed by atoms with E-state index in [1.165, 1.54) is 6.07 Å². The Bertz CT molecular complexity index is 1050. The summed E-state index contributed by atoms with van der Waals surface area (Å²) in [5.41, 5.74) is 2.88. The predicted octanol–water partition coefficient (Wildman–Crippen LogP) is 3.72. The molecule has 3 aromatic carbocycles. The number of hydrogen-bond donors (Lipinski definition) is 2. The van der Waals surface area contributed by atoms with Gasteiger partial charge in [0, 0.05) is 12.1 Å². The molecule has 0 radical (unpaired) electrons. The molecule has 2 amide bonds. The van der Waals surface area contributed by atoms with Gasteiger partial charge in [0.25, 0.3) is 11.8 Å². The first kappa shape index (κ1) is 20.8. The van der Waals surface area contributed by atoms with Gasteiger partial charge in [-0.3, -0.25) is 9.59 Å². The van der Waals surface area contributed by atoms with E-state index in [4.69, 9.17) is 4.74 Å². The molecular weight excluding hydrogens is 380 g/mol. The number of nitrogens with one attached hydrogen (secondary N) is 2. The third-order valence-corrected chi connectivity index (χ3v) is 4.34. The van der Waals surface area contributed by atoms with Crippen LogP contribution in [0.5, 0.6) is 0 Å². The molecule has 6 heteroatoms. The fourth-order valence-electron chi connectivity index (χ4n) is 2.81. The molecule has 0 heterocycles. The van der Waals surface area contributed by atoms with Gasteiger partial charge in [0.15, 0.2) is 6.61 Å². The van der Waals surface area contributed by atoms with Gasteiger partial charge in [-0.1, -0.05) is 60.2 Å². The van der Waals surface area contributed by atoms with Crippen LogP contribution >= 0.6 is 0 Å². The van der Waals surface area contributed by atoms with Crippen molar-refractivity contribution in [3.8, 4) is 0 Å². The monoisotopic (exact) mass is 402 g/mol. The molecular formula is C24H22N2O4. The second kappa shape index (κ2) is 10.0. The molecule has 152 valence electrons. The Kier molecular flexibility index (Phi) is 6.95. The molecule has 6 nitrogen and oxygen atoms in total. The van der Waals surface area contributed by atoms with Crippen molar-refractivity contribution in [2.24, 2.45) is 0 Å². The number of anilines is 1. The summed E-state index contributed by atoms with van der Waals surface area (Å²) in [6.45, 7) is 1.83. The van der Waals surface area contributed by atoms with E-state index in [1.807, 2.05) is 43.3 Å². The third kappa shape index (κ3) is 5.78. The zero-order chi connectivity index (χ0) is 21.3. The van der Waals surface area contributed by atoms with Crippen molar-refractivity contribution in [2.75, 3.05) is 11.9 Å². The number of carbonyl (C=O) groups is 3. The molecule has 0 saturated carbocycles. The fourth-order valence-corrected chi connectivity index (χ4v) is 2.81. The van der Waals surface area contributed by atoms with Gasteiger partial charge in [-0.25, -0.2) is 4.79 Å². The first-order valence-electron chi connectivity index (χ1n) is 9.48. The van der Waals surface area contributed by atoms with Crippen LogP contribution in [0.25, 0.3) is 0 Å². The van der Waals surface area contributed by atoms with Gasteiger partial charge < -0.3 is 15.4 Å². The van der Waals surface area contributed by atoms with E-state index in [1.54, 1.807) is 36.4 Å². The summed E-state index contributed by atoms with van der Waals surface area (Å²) in [6, 6.07) is 23.1. The minimum Gasteiger partial charge on any atom is -0.452 e. The molecule has 3 rings (SSSR count). The number of rotatable bonds is 7. The molecule has 0 bridgehead atoms. The van der Waals surface area contributed by atoms with Crippen molar-refractivity contribution >= 4 is 23.5 Å². The minimum atomic E-state index is -0.690. The summed E-state index contributed by atoms with van der Waals surface area (Å²) in [7, 11) is 0. The summed E-state index contributed by atoms with van der Waals surface area (Å²) >= 11 is 0. The maximum atomic E-state index is 12.5. The Morgan fingerprint density at radius 3 is 2.37 bits per heavy atom. The van der Waals surface area contributed by atoms with Crippen LogP contribution < -0.4 is 10.6 Å². The van der Waals surface area contributed by atoms with Crippen LogP contribution in [0.15, 0.2) is 78.9 Å². The van der Waals surface area contributed by atoms with Crippen molar-refractivity contribution in [1.82, 2.24) is 5.32 Å². The number of carbonyl (C=O) groups excluding carboxylic acids is 3. The lowest BCUT2D eigenvalue weighted by atomic mass is 10.1. The number of para-hydroxylation sites is 1. The predicted molar refractivity (Wildman–Crippen MR) is 114 cm³/mol. The zero-order valence-electron chi connectivity index (χ0n) is 16.6. The Morgan fingerprint density at radius 2 is 1.60 bits per heavy atom. The molecule has 3 aromatic rings. The van der Waals surface area contributed by atoms with Gasteiger partial charge >= 0.3 is 5.97 Å². The van der Waals surface area contributed by atoms with E-state index in [-0.39, 0.29) is 11.5 Å². The van der Waals surface area contributed by atoms with Crippen LogP contribution in [-0.2, 0) is 16.1 Å². The van der Waals surface area contributed by atoms with E-state index in [0.29, 0.717) is 17.8 Å². The topological polar surface area (TPSA) is 84.5 Å². The number of benzene rings is 3. The van der Waals surface area contributed by atoms with Crippen molar-refractivity contribution < 1.29 is 19.1 Å². The average Bonchev–Trinajstić information content (AvgIpc) is 2.77. The van der Waals surface area contributed by atoms with Crippen LogP contribution in [0.4, 0.5) is 5.69 Å². The van der Waals surface area contributed by atoms with Crippen LogP contribution in [0, 0.1) is 6.92 Å². The second-order valence-corrected chi connectivity index (χ2v) is 6.71. The molecule has 0 aromatic heterocycles. The van der Waals surface area contributed by atoms with Crippen molar-refractivity contribution in [3.63, 3.8) is 0 Å². The standard InChI is InChI=1S/C24H22N2O4/c1-17-8-7-11-19(14-17)23(28)26-21-13-6-5-12-20(21)24(29)30-16-22(27)25-15-18-9-3-2-4-10-18/h2-14H,15-16H2,1H3,(H,25,27)(H,26,28). The van der Waals surface area contributed by atoms with Gasteiger partial charge in [-0.05, 0) is 36.8 Å². The molecule has 0 spiro atoms. The Morgan fingerprint density at radius 1 is 0.867 bits per heavy atom. The molecule has 0 unspecified atom stereocenters. The van der Waals surface area contributed by atoms with Crippen LogP contribution in [0.3, 0.4) is 0 Å². The largest absolute Gasteiger partial charge is 0.452 e. The van der Waals surface area contributed by atoms with Gasteiger partial charge in [-0.15, -0.1) is 0 Å². The summed E-state index contributed by atoms with van der Waals surface area (Å²) in [5, 5.41) is 5.42. The summed E-state index contributed by atoms with van der Waals surface area (Å²) in [5.74, 6) is -1.43. The second-order valence-electron chi connectivity index (χ2n) is 6.71. The van der Waals surface area contributed by atoms with Crippen LogP contribution in [-0.4, -0.2) is 24.4 Å². The maximum Gasteiger partial charge on any atom is 0.340 e. The maximum absolute atomic E-state index is 12.5. The Labute approximate surface area is 174 Å². The van der Waals surface area contributed by atoms with Crippen molar-refractivity contribution in [1.29, 1.82) is 0 Å². The van der Waals surface area contributed by atoms with E-state index in [2.05, 4.69) is 10.6 Å². The smallest absolute Gasteiger partial charge is 0.340 e. The van der Waals surface area contributed by atoms with Crippen LogP contribution in [0.2, 0.25) is 0 Å². The lowest BCUT2D eigenvalue weighted by molar-refractivity contribution is -0.124. The van der Waals surface area contributed by atoms with Crippen LogP contribution in [0.1, 0.15) is 31.8 Å². The van der Waals surface area contributed by atoms with Gasteiger partial charge in [0.05, 0.1) is 11.3 Å². The molecule has 0 aliphatic heterocycles. The minimum absolute atomic E-state index is 0.175. The number of ether oxygens (including phenoxy) is 1. The number of aryl methyl sites for hydroxylation is 1. The highest BCUT2D eigenvalue weighted by molar-refractivity contribution is 6.08. The number of hydrogen-bond acceptors (Lipinski definition) is 4. The first-order valence-corrected chi connectivity index (χ1v) is 9.48. The van der Waals surface area contributed by atoms with E-state index < -0.39 is 18.5 Å². The summed E-state index contributed by atoms with van der Waals surface area (Å²) in [4.78, 5) is 36.9. The fraction of sp³-hybridized carbons (Fsp3) is 0.125. The van der Waals surface area contributed by atoms with E-state index in [0.717, 1.165) is 11.1 Å². The highest BCUT2D eigenvalue weighted by atomic mass is 16.5. The third-order valence-electron chi connectivity index (χ3n) is 4.34. The molecule has 0 saturated heterocycles. The number of esters is 1. The lowest BCUT2D eigenvalue weighted by Gasteiger charge is -2.11. The number of amides is 2. The lowest BCUT2D eigenvalue weighted by Crippen LogP contribution is -2.28. The quantitative estimate of drug-likeness (QED) is 0.590. The van der Waals surface area contributed by atoms with Crippen molar-refractivity contribution in [3.05, 3.63) is 101 Å². The zero-order valence-corrected chi connectivity index (χ0v) is 16.6. The van der Waals surface area contributed by atoms with Crippen molar-refractivity contribution in [2.45, 2.75) is 13.5 Å². The Balaban J connectivity index is 1.58. The van der Waals surface area contributed by atoms with E-state index >= 15 is 0 Å². The normalized spacial score (nSPS) is 10.2. The molecule has 30 heavy (non-hydrogen) atoms. The Hall–Kier alpha value is -3.93. The molecule has 2 N–H and O–H groups in total. The summed E-state index contributed by atoms with van der Waals surface area (Å²) < 4.78 is 5.12. The summed E-state index contributed by atoms with van der Waals surface area (Å²) in [6.07, 6.45) is 0. The van der Waals surface area contributed by atoms with E-state index in [9.17, 15) is 14.4 Å². The molecule has 0 aliphatic carbocycles. The van der Waals surface area contributed by atoms with Gasteiger partial charge in [-0.2, -0.15) is 0 Å². The highest BCUT2D eigenvalue weighted by Crippen LogP contribution is 2.18. The molecule has 0 fully saturated rings. The van der Waals surface area contributed by atoms with Gasteiger partial charge in [0.2, 0.25) is 0 Å².